The largest absolute Gasteiger partial charge is 0.368 e. The lowest BCUT2D eigenvalue weighted by Crippen LogP contribution is -2.46. The van der Waals surface area contributed by atoms with Crippen molar-refractivity contribution in [1.29, 1.82) is 0 Å². The fourth-order valence-electron chi connectivity index (χ4n) is 2.89. The summed E-state index contributed by atoms with van der Waals surface area (Å²) in [4.78, 5) is 8.75. The summed E-state index contributed by atoms with van der Waals surface area (Å²) in [5, 5.41) is 1.46. The van der Waals surface area contributed by atoms with Crippen molar-refractivity contribution in [2.45, 2.75) is 0 Å². The molecule has 3 aromatic rings. The summed E-state index contributed by atoms with van der Waals surface area (Å²) in [6.07, 6.45) is 0. The first-order valence-electron chi connectivity index (χ1n) is 7.61. The zero-order valence-electron chi connectivity index (χ0n) is 12.7. The van der Waals surface area contributed by atoms with Crippen molar-refractivity contribution in [3.8, 4) is 0 Å². The average Bonchev–Trinajstić information content (AvgIpc) is 3.00. The Morgan fingerprint density at radius 2 is 1.62 bits per heavy atom. The van der Waals surface area contributed by atoms with Gasteiger partial charge in [0.25, 0.3) is 0 Å². The van der Waals surface area contributed by atoms with Crippen molar-refractivity contribution >= 4 is 44.0 Å². The molecule has 0 atom stereocenters. The van der Waals surface area contributed by atoms with E-state index in [9.17, 15) is 8.78 Å². The molecule has 0 bridgehead atoms. The van der Waals surface area contributed by atoms with E-state index in [1.807, 2.05) is 24.3 Å². The van der Waals surface area contributed by atoms with Gasteiger partial charge in [0.2, 0.25) is 0 Å². The molecular formula is C17H14ClF2N3S. The number of hydrogen-bond acceptors (Lipinski definition) is 4. The molecule has 1 aliphatic rings. The molecule has 4 rings (SSSR count). The van der Waals surface area contributed by atoms with Gasteiger partial charge in [-0.05, 0) is 30.3 Å². The van der Waals surface area contributed by atoms with Crippen LogP contribution in [0.1, 0.15) is 0 Å². The zero-order chi connectivity index (χ0) is 16.7. The SMILES string of the molecule is Fc1cc(F)c2nc(N3CCN(c4ccc(Cl)cc4)CC3)sc2c1. The average molecular weight is 366 g/mol. The van der Waals surface area contributed by atoms with E-state index in [-0.39, 0.29) is 5.52 Å². The summed E-state index contributed by atoms with van der Waals surface area (Å²) in [6, 6.07) is 10.00. The van der Waals surface area contributed by atoms with Crippen molar-refractivity contribution in [3.05, 3.63) is 53.1 Å². The first-order chi connectivity index (χ1) is 11.6. The van der Waals surface area contributed by atoms with Crippen molar-refractivity contribution in [1.82, 2.24) is 4.98 Å². The van der Waals surface area contributed by atoms with Gasteiger partial charge in [-0.2, -0.15) is 0 Å². The minimum Gasteiger partial charge on any atom is -0.368 e. The van der Waals surface area contributed by atoms with Crippen molar-refractivity contribution < 1.29 is 8.78 Å². The van der Waals surface area contributed by atoms with Gasteiger partial charge < -0.3 is 9.80 Å². The van der Waals surface area contributed by atoms with Crippen LogP contribution in [0, 0.1) is 11.6 Å². The second-order valence-corrected chi connectivity index (χ2v) is 7.13. The molecule has 0 unspecified atom stereocenters. The van der Waals surface area contributed by atoms with E-state index in [1.54, 1.807) is 0 Å². The summed E-state index contributed by atoms with van der Waals surface area (Å²) in [7, 11) is 0. The molecule has 0 N–H and O–H groups in total. The summed E-state index contributed by atoms with van der Waals surface area (Å²) >= 11 is 7.26. The number of piperazine rings is 1. The van der Waals surface area contributed by atoms with Gasteiger partial charge in [-0.15, -0.1) is 0 Å². The second-order valence-electron chi connectivity index (χ2n) is 5.68. The third kappa shape index (κ3) is 2.91. The lowest BCUT2D eigenvalue weighted by molar-refractivity contribution is 0.591. The summed E-state index contributed by atoms with van der Waals surface area (Å²) in [6.45, 7) is 3.25. The van der Waals surface area contributed by atoms with Crippen molar-refractivity contribution in [2.75, 3.05) is 36.0 Å². The van der Waals surface area contributed by atoms with Crippen LogP contribution in [-0.2, 0) is 0 Å². The Bertz CT molecular complexity index is 873. The molecule has 2 aromatic carbocycles. The summed E-state index contributed by atoms with van der Waals surface area (Å²) in [5.74, 6) is -1.17. The molecule has 1 fully saturated rings. The maximum atomic E-state index is 13.8. The molecular weight excluding hydrogens is 352 g/mol. The zero-order valence-corrected chi connectivity index (χ0v) is 14.2. The molecule has 1 saturated heterocycles. The topological polar surface area (TPSA) is 19.4 Å². The molecule has 7 heteroatoms. The molecule has 0 saturated carbocycles. The number of anilines is 2. The molecule has 1 aliphatic heterocycles. The van der Waals surface area contributed by atoms with E-state index >= 15 is 0 Å². The third-order valence-electron chi connectivity index (χ3n) is 4.14. The van der Waals surface area contributed by atoms with E-state index < -0.39 is 11.6 Å². The number of halogens is 3. The van der Waals surface area contributed by atoms with Gasteiger partial charge in [-0.3, -0.25) is 0 Å². The van der Waals surface area contributed by atoms with Gasteiger partial charge >= 0.3 is 0 Å². The van der Waals surface area contributed by atoms with Gasteiger partial charge in [0.1, 0.15) is 11.3 Å². The lowest BCUT2D eigenvalue weighted by atomic mass is 10.2. The van der Waals surface area contributed by atoms with E-state index in [0.29, 0.717) is 4.70 Å². The quantitative estimate of drug-likeness (QED) is 0.664. The van der Waals surface area contributed by atoms with Crippen LogP contribution in [0.25, 0.3) is 10.2 Å². The number of nitrogens with zero attached hydrogens (tertiary/aromatic N) is 3. The molecule has 0 aliphatic carbocycles. The minimum absolute atomic E-state index is 0.247. The van der Waals surface area contributed by atoms with Crippen LogP contribution >= 0.6 is 22.9 Å². The Balaban J connectivity index is 1.51. The van der Waals surface area contributed by atoms with Crippen LogP contribution < -0.4 is 9.80 Å². The lowest BCUT2D eigenvalue weighted by Gasteiger charge is -2.36. The molecule has 0 radical (unpaired) electrons. The normalized spacial score (nSPS) is 15.3. The summed E-state index contributed by atoms with van der Waals surface area (Å²) in [5.41, 5.74) is 1.38. The Morgan fingerprint density at radius 3 is 2.33 bits per heavy atom. The molecule has 0 amide bonds. The predicted molar refractivity (Wildman–Crippen MR) is 95.4 cm³/mol. The number of hydrogen-bond donors (Lipinski definition) is 0. The van der Waals surface area contributed by atoms with Gasteiger partial charge in [0.15, 0.2) is 10.9 Å². The highest BCUT2D eigenvalue weighted by molar-refractivity contribution is 7.22. The van der Waals surface area contributed by atoms with E-state index in [0.717, 1.165) is 48.1 Å². The Labute approximate surface area is 147 Å². The number of aromatic nitrogens is 1. The van der Waals surface area contributed by atoms with Crippen molar-refractivity contribution in [2.24, 2.45) is 0 Å². The van der Waals surface area contributed by atoms with Crippen LogP contribution in [0.5, 0.6) is 0 Å². The molecule has 0 spiro atoms. The maximum Gasteiger partial charge on any atom is 0.186 e. The Morgan fingerprint density at radius 1 is 0.958 bits per heavy atom. The summed E-state index contributed by atoms with van der Waals surface area (Å²) < 4.78 is 27.7. The van der Waals surface area contributed by atoms with Crippen LogP contribution in [0.15, 0.2) is 36.4 Å². The smallest absolute Gasteiger partial charge is 0.186 e. The van der Waals surface area contributed by atoms with Gasteiger partial charge in [0, 0.05) is 43.0 Å². The van der Waals surface area contributed by atoms with E-state index in [4.69, 9.17) is 11.6 Å². The van der Waals surface area contributed by atoms with Crippen molar-refractivity contribution in [3.63, 3.8) is 0 Å². The first-order valence-corrected chi connectivity index (χ1v) is 8.81. The molecule has 24 heavy (non-hydrogen) atoms. The number of benzene rings is 2. The fourth-order valence-corrected chi connectivity index (χ4v) is 4.07. The minimum atomic E-state index is -0.604. The monoisotopic (exact) mass is 365 g/mol. The van der Waals surface area contributed by atoms with Crippen LogP contribution in [0.2, 0.25) is 5.02 Å². The number of thiazole rings is 1. The predicted octanol–water partition coefficient (Wildman–Crippen LogP) is 4.55. The Hall–Kier alpha value is -1.92. The second kappa shape index (κ2) is 6.18. The Kier molecular flexibility index (Phi) is 4.02. The highest BCUT2D eigenvalue weighted by Crippen LogP contribution is 2.32. The van der Waals surface area contributed by atoms with Gasteiger partial charge in [-0.25, -0.2) is 13.8 Å². The van der Waals surface area contributed by atoms with Crippen LogP contribution in [-0.4, -0.2) is 31.2 Å². The first kappa shape index (κ1) is 15.6. The van der Waals surface area contributed by atoms with E-state index in [1.165, 1.54) is 17.4 Å². The third-order valence-corrected chi connectivity index (χ3v) is 5.46. The van der Waals surface area contributed by atoms with Crippen LogP contribution in [0.3, 0.4) is 0 Å². The highest BCUT2D eigenvalue weighted by atomic mass is 35.5. The van der Waals surface area contributed by atoms with Crippen LogP contribution in [0.4, 0.5) is 19.6 Å². The standard InChI is InChI=1S/C17H14ClF2N3S/c18-11-1-3-13(4-2-11)22-5-7-23(8-6-22)17-21-16-14(20)9-12(19)10-15(16)24-17/h1-4,9-10H,5-8H2. The molecule has 1 aromatic heterocycles. The molecule has 2 heterocycles. The number of fused-ring (bicyclic) bond motifs is 1. The number of rotatable bonds is 2. The van der Waals surface area contributed by atoms with Gasteiger partial charge in [-0.1, -0.05) is 22.9 Å². The molecule has 3 nitrogen and oxygen atoms in total. The molecule has 124 valence electrons. The maximum absolute atomic E-state index is 13.8. The highest BCUT2D eigenvalue weighted by Gasteiger charge is 2.21. The van der Waals surface area contributed by atoms with Gasteiger partial charge in [0.05, 0.1) is 4.70 Å². The fraction of sp³-hybridized carbons (Fsp3) is 0.235. The van der Waals surface area contributed by atoms with E-state index in [2.05, 4.69) is 14.8 Å².